The zero-order valence-electron chi connectivity index (χ0n) is 12.0. The van der Waals surface area contributed by atoms with E-state index in [-0.39, 0.29) is 5.91 Å². The van der Waals surface area contributed by atoms with Crippen LogP contribution in [0.2, 0.25) is 0 Å². The van der Waals surface area contributed by atoms with E-state index in [9.17, 15) is 4.79 Å². The molecular formula is C16H18N2OS2. The smallest absolute Gasteiger partial charge is 0.268 e. The molecule has 1 aromatic carbocycles. The number of carbonyl (C=O) groups excluding carboxylic acids is 1. The van der Waals surface area contributed by atoms with E-state index in [4.69, 9.17) is 5.73 Å². The number of thiophene rings is 1. The minimum Gasteiger partial charge on any atom is -0.397 e. The van der Waals surface area contributed by atoms with Crippen molar-refractivity contribution in [1.29, 1.82) is 0 Å². The zero-order chi connectivity index (χ0) is 14.8. The lowest BCUT2D eigenvalue weighted by Gasteiger charge is -2.21. The first kappa shape index (κ1) is 14.5. The third kappa shape index (κ3) is 2.80. The Balaban J connectivity index is 1.92. The molecule has 0 atom stereocenters. The number of hydrogen-bond acceptors (Lipinski definition) is 4. The molecule has 2 aromatic rings. The second-order valence-corrected chi connectivity index (χ2v) is 7.21. The van der Waals surface area contributed by atoms with Crippen molar-refractivity contribution in [1.82, 2.24) is 0 Å². The Labute approximate surface area is 133 Å². The Hall–Kier alpha value is -1.46. The van der Waals surface area contributed by atoms with Gasteiger partial charge in [0, 0.05) is 17.2 Å². The lowest BCUT2D eigenvalue weighted by Crippen LogP contribution is -2.30. The molecule has 0 unspecified atom stereocenters. The minimum absolute atomic E-state index is 0.0554. The summed E-state index contributed by atoms with van der Waals surface area (Å²) < 4.78 is 0. The van der Waals surface area contributed by atoms with Crippen LogP contribution in [0.5, 0.6) is 0 Å². The zero-order valence-corrected chi connectivity index (χ0v) is 13.6. The fraction of sp³-hybridized carbons (Fsp3) is 0.312. The summed E-state index contributed by atoms with van der Waals surface area (Å²) in [4.78, 5) is 16.8. The molecule has 5 heteroatoms. The van der Waals surface area contributed by atoms with Gasteiger partial charge in [-0.3, -0.25) is 4.79 Å². The number of hydrogen-bond donors (Lipinski definition) is 1. The summed E-state index contributed by atoms with van der Waals surface area (Å²) in [6, 6.07) is 9.60. The first-order valence-corrected chi connectivity index (χ1v) is 9.03. The first-order chi connectivity index (χ1) is 10.2. The fourth-order valence-corrected chi connectivity index (χ4v) is 4.86. The molecule has 3 nitrogen and oxygen atoms in total. The van der Waals surface area contributed by atoms with Crippen molar-refractivity contribution in [2.24, 2.45) is 0 Å². The Morgan fingerprint density at radius 2 is 2.19 bits per heavy atom. The molecule has 0 radical (unpaired) electrons. The maximum Gasteiger partial charge on any atom is 0.268 e. The third-order valence-electron chi connectivity index (χ3n) is 3.63. The third-order valence-corrected chi connectivity index (χ3v) is 5.86. The van der Waals surface area contributed by atoms with E-state index in [1.54, 1.807) is 16.2 Å². The van der Waals surface area contributed by atoms with Crippen molar-refractivity contribution in [2.45, 2.75) is 19.1 Å². The Morgan fingerprint density at radius 3 is 2.90 bits per heavy atom. The summed E-state index contributed by atoms with van der Waals surface area (Å²) in [5.41, 5.74) is 8.79. The van der Waals surface area contributed by atoms with Crippen LogP contribution in [-0.4, -0.2) is 18.2 Å². The van der Waals surface area contributed by atoms with Crippen molar-refractivity contribution in [2.75, 3.05) is 22.9 Å². The predicted molar refractivity (Wildman–Crippen MR) is 92.4 cm³/mol. The molecule has 3 rings (SSSR count). The number of rotatable bonds is 3. The number of fused-ring (bicyclic) bond motifs is 1. The molecule has 110 valence electrons. The quantitative estimate of drug-likeness (QED) is 0.876. The van der Waals surface area contributed by atoms with Gasteiger partial charge in [0.15, 0.2) is 0 Å². The normalized spacial score (nSPS) is 13.8. The highest BCUT2D eigenvalue weighted by Gasteiger charge is 2.22. The highest BCUT2D eigenvalue weighted by atomic mass is 32.2. The van der Waals surface area contributed by atoms with Crippen molar-refractivity contribution < 1.29 is 4.79 Å². The number of nitrogens with two attached hydrogens (primary N) is 1. The number of anilines is 2. The molecule has 0 saturated carbocycles. The molecule has 21 heavy (non-hydrogen) atoms. The highest BCUT2D eigenvalue weighted by Crippen LogP contribution is 2.33. The largest absolute Gasteiger partial charge is 0.397 e. The van der Waals surface area contributed by atoms with E-state index in [0.717, 1.165) is 28.5 Å². The van der Waals surface area contributed by atoms with Crippen LogP contribution >= 0.6 is 23.1 Å². The molecular weight excluding hydrogens is 300 g/mol. The summed E-state index contributed by atoms with van der Waals surface area (Å²) in [6.07, 6.45) is 1.08. The Kier molecular flexibility index (Phi) is 4.22. The van der Waals surface area contributed by atoms with Gasteiger partial charge in [-0.1, -0.05) is 12.1 Å². The SMILES string of the molecule is CCN(C(=O)c1cc2c(s1)CCSC2)c1ccccc1N. The highest BCUT2D eigenvalue weighted by molar-refractivity contribution is 7.98. The predicted octanol–water partition coefficient (Wildman–Crippen LogP) is 3.79. The number of thioether (sulfide) groups is 1. The van der Waals surface area contributed by atoms with Gasteiger partial charge in [-0.15, -0.1) is 11.3 Å². The molecule has 0 fully saturated rings. The average molecular weight is 318 g/mol. The molecule has 0 spiro atoms. The molecule has 1 aromatic heterocycles. The second-order valence-electron chi connectivity index (χ2n) is 4.97. The standard InChI is InChI=1S/C16H18N2OS2/c1-2-18(13-6-4-3-5-12(13)17)16(19)15-9-11-10-20-8-7-14(11)21-15/h3-6,9H,2,7-8,10,17H2,1H3. The van der Waals surface area contributed by atoms with Crippen LogP contribution < -0.4 is 10.6 Å². The van der Waals surface area contributed by atoms with Crippen molar-refractivity contribution in [3.8, 4) is 0 Å². The van der Waals surface area contributed by atoms with Crippen LogP contribution in [0, 0.1) is 0 Å². The Bertz CT molecular complexity index is 643. The molecule has 2 heterocycles. The van der Waals surface area contributed by atoms with Crippen LogP contribution in [0.25, 0.3) is 0 Å². The van der Waals surface area contributed by atoms with Crippen molar-refractivity contribution >= 4 is 40.4 Å². The van der Waals surface area contributed by atoms with Gasteiger partial charge in [-0.25, -0.2) is 0 Å². The molecule has 1 aliphatic rings. The Morgan fingerprint density at radius 1 is 1.38 bits per heavy atom. The number of para-hydroxylation sites is 2. The van der Waals surface area contributed by atoms with Gasteiger partial charge in [0.1, 0.15) is 0 Å². The minimum atomic E-state index is 0.0554. The van der Waals surface area contributed by atoms with Crippen LogP contribution in [0.4, 0.5) is 11.4 Å². The average Bonchev–Trinajstić information content (AvgIpc) is 2.93. The van der Waals surface area contributed by atoms with Crippen LogP contribution in [0.3, 0.4) is 0 Å². The monoisotopic (exact) mass is 318 g/mol. The number of benzene rings is 1. The van der Waals surface area contributed by atoms with Crippen LogP contribution in [-0.2, 0) is 12.2 Å². The lowest BCUT2D eigenvalue weighted by molar-refractivity contribution is 0.0992. The molecule has 1 amide bonds. The molecule has 2 N–H and O–H groups in total. The van der Waals surface area contributed by atoms with Crippen LogP contribution in [0.1, 0.15) is 27.0 Å². The molecule has 0 aliphatic carbocycles. The first-order valence-electron chi connectivity index (χ1n) is 7.06. The number of carbonyl (C=O) groups is 1. The maximum absolute atomic E-state index is 12.8. The summed E-state index contributed by atoms with van der Waals surface area (Å²) in [7, 11) is 0. The van der Waals surface area contributed by atoms with E-state index < -0.39 is 0 Å². The van der Waals surface area contributed by atoms with Gasteiger partial charge < -0.3 is 10.6 Å². The number of nitrogens with zero attached hydrogens (tertiary/aromatic N) is 1. The van der Waals surface area contributed by atoms with Crippen molar-refractivity contribution in [3.05, 3.63) is 45.6 Å². The number of aryl methyl sites for hydroxylation is 1. The summed E-state index contributed by atoms with van der Waals surface area (Å²) >= 11 is 3.58. The number of nitrogen functional groups attached to an aromatic ring is 1. The maximum atomic E-state index is 12.8. The second kappa shape index (κ2) is 6.12. The summed E-state index contributed by atoms with van der Waals surface area (Å²) in [5, 5.41) is 0. The van der Waals surface area contributed by atoms with Gasteiger partial charge in [0.2, 0.25) is 0 Å². The van der Waals surface area contributed by atoms with E-state index in [1.165, 1.54) is 10.4 Å². The van der Waals surface area contributed by atoms with Gasteiger partial charge >= 0.3 is 0 Å². The summed E-state index contributed by atoms with van der Waals surface area (Å²) in [5.74, 6) is 2.24. The van der Waals surface area contributed by atoms with Gasteiger partial charge in [-0.2, -0.15) is 11.8 Å². The fourth-order valence-electron chi connectivity index (χ4n) is 2.54. The van der Waals surface area contributed by atoms with Gasteiger partial charge in [-0.05, 0) is 42.9 Å². The van der Waals surface area contributed by atoms with Crippen LogP contribution in [0.15, 0.2) is 30.3 Å². The van der Waals surface area contributed by atoms with Crippen molar-refractivity contribution in [3.63, 3.8) is 0 Å². The van der Waals surface area contributed by atoms with E-state index >= 15 is 0 Å². The van der Waals surface area contributed by atoms with E-state index in [1.807, 2.05) is 43.0 Å². The van der Waals surface area contributed by atoms with Gasteiger partial charge in [0.25, 0.3) is 5.91 Å². The molecule has 0 bridgehead atoms. The van der Waals surface area contributed by atoms with E-state index in [2.05, 4.69) is 6.07 Å². The lowest BCUT2D eigenvalue weighted by atomic mass is 10.2. The van der Waals surface area contributed by atoms with Gasteiger partial charge in [0.05, 0.1) is 16.3 Å². The molecule has 0 saturated heterocycles. The summed E-state index contributed by atoms with van der Waals surface area (Å²) in [6.45, 7) is 2.60. The number of amides is 1. The topological polar surface area (TPSA) is 46.3 Å². The molecule has 1 aliphatic heterocycles. The van der Waals surface area contributed by atoms with E-state index in [0.29, 0.717) is 12.2 Å².